The van der Waals surface area contributed by atoms with E-state index in [0.29, 0.717) is 22.7 Å². The molecule has 1 N–H and O–H groups in total. The Balaban J connectivity index is 1.55. The van der Waals surface area contributed by atoms with E-state index in [4.69, 9.17) is 9.47 Å². The van der Waals surface area contributed by atoms with Crippen LogP contribution in [-0.2, 0) is 11.2 Å². The molecule has 0 bridgehead atoms. The van der Waals surface area contributed by atoms with E-state index >= 15 is 0 Å². The van der Waals surface area contributed by atoms with Crippen molar-refractivity contribution in [2.24, 2.45) is 16.7 Å². The molecular formula is C27H37BrO4. The summed E-state index contributed by atoms with van der Waals surface area (Å²) in [4.78, 5) is 12.4. The van der Waals surface area contributed by atoms with Crippen LogP contribution in [0.1, 0.15) is 82.1 Å². The molecule has 6 unspecified atom stereocenters. The molecule has 0 saturated heterocycles. The number of rotatable bonds is 4. The van der Waals surface area contributed by atoms with Crippen LogP contribution in [-0.4, -0.2) is 34.7 Å². The van der Waals surface area contributed by atoms with Gasteiger partial charge in [0.2, 0.25) is 0 Å². The molecule has 1 aliphatic heterocycles. The summed E-state index contributed by atoms with van der Waals surface area (Å²) in [5.74, 6) is 0.991. The number of benzene rings is 1. The van der Waals surface area contributed by atoms with Crippen LogP contribution in [0.5, 0.6) is 5.75 Å². The van der Waals surface area contributed by atoms with Gasteiger partial charge >= 0.3 is 5.97 Å². The van der Waals surface area contributed by atoms with Crippen LogP contribution in [0, 0.1) is 16.7 Å². The molecule has 1 aromatic rings. The Bertz CT molecular complexity index is 922. The van der Waals surface area contributed by atoms with Gasteiger partial charge in [-0.3, -0.25) is 0 Å². The second-order valence-corrected chi connectivity index (χ2v) is 12.3. The smallest absolute Gasteiger partial charge is 0.337 e. The van der Waals surface area contributed by atoms with Crippen molar-refractivity contribution < 1.29 is 19.4 Å². The van der Waals surface area contributed by atoms with Gasteiger partial charge in [-0.15, -0.1) is 0 Å². The van der Waals surface area contributed by atoms with Gasteiger partial charge in [-0.25, -0.2) is 4.79 Å². The van der Waals surface area contributed by atoms with Gasteiger partial charge in [-0.2, -0.15) is 0 Å². The summed E-state index contributed by atoms with van der Waals surface area (Å²) >= 11 is 4.03. The zero-order valence-corrected chi connectivity index (χ0v) is 21.6. The Morgan fingerprint density at radius 1 is 1.28 bits per heavy atom. The van der Waals surface area contributed by atoms with E-state index in [-0.39, 0.29) is 22.9 Å². The highest BCUT2D eigenvalue weighted by Crippen LogP contribution is 2.63. The summed E-state index contributed by atoms with van der Waals surface area (Å²) in [5.41, 5.74) is 2.29. The highest BCUT2D eigenvalue weighted by molar-refractivity contribution is 9.09. The molecular weight excluding hydrogens is 468 g/mol. The second-order valence-electron chi connectivity index (χ2n) is 11.1. The number of alkyl halides is 1. The lowest BCUT2D eigenvalue weighted by atomic mass is 9.47. The van der Waals surface area contributed by atoms with Crippen molar-refractivity contribution in [1.29, 1.82) is 0 Å². The van der Waals surface area contributed by atoms with Crippen molar-refractivity contribution in [3.63, 3.8) is 0 Å². The summed E-state index contributed by atoms with van der Waals surface area (Å²) in [6, 6.07) is 5.43. The first kappa shape index (κ1) is 23.8. The number of methoxy groups -OCH3 is 1. The van der Waals surface area contributed by atoms with Crippen LogP contribution in [0.3, 0.4) is 0 Å². The van der Waals surface area contributed by atoms with Crippen molar-refractivity contribution in [2.45, 2.75) is 89.2 Å². The lowest BCUT2D eigenvalue weighted by Gasteiger charge is -2.60. The van der Waals surface area contributed by atoms with Crippen LogP contribution in [0.25, 0.3) is 0 Å². The normalized spacial score (nSPS) is 38.3. The molecule has 0 radical (unpaired) electrons. The van der Waals surface area contributed by atoms with Crippen LogP contribution < -0.4 is 4.74 Å². The summed E-state index contributed by atoms with van der Waals surface area (Å²) in [6.45, 7) is 9.18. The molecule has 4 nitrogen and oxygen atoms in total. The first-order valence-corrected chi connectivity index (χ1v) is 12.8. The second kappa shape index (κ2) is 8.47. The van der Waals surface area contributed by atoms with E-state index in [1.807, 2.05) is 12.1 Å². The molecule has 2 aliphatic carbocycles. The number of hydrogen-bond donors (Lipinski definition) is 1. The Morgan fingerprint density at radius 2 is 2.03 bits per heavy atom. The predicted molar refractivity (Wildman–Crippen MR) is 130 cm³/mol. The first-order chi connectivity index (χ1) is 15.0. The molecule has 3 aliphatic rings. The Labute approximate surface area is 200 Å². The molecule has 176 valence electrons. The zero-order valence-electron chi connectivity index (χ0n) is 20.0. The number of carbonyl (C=O) groups excluding carboxylic acids is 1. The first-order valence-electron chi connectivity index (χ1n) is 11.9. The van der Waals surface area contributed by atoms with Gasteiger partial charge in [0.05, 0.1) is 12.7 Å². The van der Waals surface area contributed by atoms with Gasteiger partial charge in [0.1, 0.15) is 17.5 Å². The maximum Gasteiger partial charge on any atom is 0.337 e. The minimum atomic E-state index is -0.855. The minimum Gasteiger partial charge on any atom is -0.487 e. The molecule has 1 heterocycles. The number of halogens is 1. The Morgan fingerprint density at radius 3 is 2.72 bits per heavy atom. The number of hydrogen-bond acceptors (Lipinski definition) is 4. The highest BCUT2D eigenvalue weighted by Gasteiger charge is 2.59. The third-order valence-corrected chi connectivity index (χ3v) is 10.1. The molecule has 6 atom stereocenters. The maximum atomic E-state index is 11.9. The van der Waals surface area contributed by atoms with Crippen molar-refractivity contribution in [2.75, 3.05) is 7.11 Å². The van der Waals surface area contributed by atoms with E-state index in [0.717, 1.165) is 49.8 Å². The number of fused-ring (bicyclic) bond motifs is 2. The average molecular weight is 505 g/mol. The third-order valence-electron chi connectivity index (χ3n) is 8.60. The molecule has 5 heteroatoms. The predicted octanol–water partition coefficient (Wildman–Crippen LogP) is 6.23. The lowest BCUT2D eigenvalue weighted by Crippen LogP contribution is -2.59. The van der Waals surface area contributed by atoms with Crippen molar-refractivity contribution >= 4 is 21.9 Å². The molecule has 2 fully saturated rings. The minimum absolute atomic E-state index is 0.0802. The number of allylic oxidation sites excluding steroid dienone is 2. The molecule has 0 aromatic heterocycles. The number of carbonyl (C=O) groups is 1. The summed E-state index contributed by atoms with van der Waals surface area (Å²) in [5, 5.41) is 11.9. The topological polar surface area (TPSA) is 55.8 Å². The Kier molecular flexibility index (Phi) is 6.30. The van der Waals surface area contributed by atoms with Gasteiger partial charge in [-0.1, -0.05) is 41.4 Å². The SMILES string of the molecule is COC(=O)c1ccc2c(c1)CC(C1(O)CCC3C(C)(CCC(Br)C3(C)CC=C(C)C)C1)O2. The van der Waals surface area contributed by atoms with Crippen LogP contribution in [0.15, 0.2) is 29.8 Å². The summed E-state index contributed by atoms with van der Waals surface area (Å²) in [6.07, 6.45) is 8.59. The average Bonchev–Trinajstić information content (AvgIpc) is 3.19. The fourth-order valence-corrected chi connectivity index (χ4v) is 7.54. The third kappa shape index (κ3) is 4.04. The molecule has 1 aromatic carbocycles. The van der Waals surface area contributed by atoms with E-state index in [1.54, 1.807) is 6.07 Å². The van der Waals surface area contributed by atoms with Crippen molar-refractivity contribution in [3.8, 4) is 5.75 Å². The molecule has 4 rings (SSSR count). The standard InChI is InChI=1S/C27H37BrO4/c1-17(2)8-12-26(4)21-9-13-27(30,16-25(21,3)11-10-22(26)28)23-15-19-14-18(24(29)31-5)6-7-20(19)32-23/h6-8,14,21-23,30H,9-13,15-16H2,1-5H3. The van der Waals surface area contributed by atoms with Gasteiger partial charge in [0.25, 0.3) is 0 Å². The molecule has 2 saturated carbocycles. The maximum absolute atomic E-state index is 11.9. The van der Waals surface area contributed by atoms with E-state index in [1.165, 1.54) is 12.7 Å². The molecule has 0 spiro atoms. The van der Waals surface area contributed by atoms with E-state index in [2.05, 4.69) is 49.7 Å². The summed E-state index contributed by atoms with van der Waals surface area (Å²) in [7, 11) is 1.39. The van der Waals surface area contributed by atoms with Crippen LogP contribution in [0.4, 0.5) is 0 Å². The van der Waals surface area contributed by atoms with Crippen molar-refractivity contribution in [1.82, 2.24) is 0 Å². The highest BCUT2D eigenvalue weighted by atomic mass is 79.9. The van der Waals surface area contributed by atoms with Gasteiger partial charge in [-0.05, 0) is 92.9 Å². The van der Waals surface area contributed by atoms with E-state index in [9.17, 15) is 9.90 Å². The molecule has 0 amide bonds. The zero-order chi connectivity index (χ0) is 23.3. The van der Waals surface area contributed by atoms with E-state index < -0.39 is 5.60 Å². The number of ether oxygens (including phenoxy) is 2. The van der Waals surface area contributed by atoms with Gasteiger partial charge in [0.15, 0.2) is 0 Å². The van der Waals surface area contributed by atoms with Gasteiger partial charge < -0.3 is 14.6 Å². The fourth-order valence-electron chi connectivity index (χ4n) is 6.81. The van der Waals surface area contributed by atoms with Crippen molar-refractivity contribution in [3.05, 3.63) is 41.0 Å². The number of aliphatic hydroxyl groups is 1. The molecule has 32 heavy (non-hydrogen) atoms. The largest absolute Gasteiger partial charge is 0.487 e. The Hall–Kier alpha value is -1.33. The summed E-state index contributed by atoms with van der Waals surface area (Å²) < 4.78 is 11.1. The monoisotopic (exact) mass is 504 g/mol. The fraction of sp³-hybridized carbons (Fsp3) is 0.667. The quantitative estimate of drug-likeness (QED) is 0.299. The lowest BCUT2D eigenvalue weighted by molar-refractivity contribution is -0.157. The van der Waals surface area contributed by atoms with Crippen LogP contribution in [0.2, 0.25) is 0 Å². The van der Waals surface area contributed by atoms with Crippen LogP contribution >= 0.6 is 15.9 Å². The number of esters is 1. The van der Waals surface area contributed by atoms with Gasteiger partial charge in [0, 0.05) is 11.2 Å².